The number of nitrogens with zero attached hydrogens (tertiary/aromatic N) is 1. The van der Waals surface area contributed by atoms with Crippen LogP contribution in [0.5, 0.6) is 0 Å². The van der Waals surface area contributed by atoms with E-state index in [1.807, 2.05) is 32.0 Å². The lowest BCUT2D eigenvalue weighted by Crippen LogP contribution is -2.29. The van der Waals surface area contributed by atoms with Crippen molar-refractivity contribution in [1.82, 2.24) is 5.32 Å². The van der Waals surface area contributed by atoms with Crippen LogP contribution in [0, 0.1) is 13.8 Å². The van der Waals surface area contributed by atoms with E-state index >= 15 is 0 Å². The van der Waals surface area contributed by atoms with Gasteiger partial charge in [0.2, 0.25) is 10.0 Å². The van der Waals surface area contributed by atoms with Crippen LogP contribution in [0.15, 0.2) is 42.5 Å². The summed E-state index contributed by atoms with van der Waals surface area (Å²) in [7, 11) is -1.83. The first-order valence-electron chi connectivity index (χ1n) is 9.13. The number of carbonyl (C=O) groups is 1. The van der Waals surface area contributed by atoms with Crippen molar-refractivity contribution in [1.29, 1.82) is 0 Å². The van der Waals surface area contributed by atoms with Gasteiger partial charge in [-0.3, -0.25) is 9.10 Å². The Morgan fingerprint density at radius 1 is 1.07 bits per heavy atom. The SMILES string of the molecule is COCCCNC(=O)c1ccc(CN(c2cc(C)cc(C)c2)S(C)(=O)=O)cc1. The van der Waals surface area contributed by atoms with Crippen LogP contribution in [-0.2, 0) is 21.3 Å². The van der Waals surface area contributed by atoms with Crippen molar-refractivity contribution in [2.45, 2.75) is 26.8 Å². The molecule has 1 N–H and O–H groups in total. The van der Waals surface area contributed by atoms with Gasteiger partial charge in [0.15, 0.2) is 0 Å². The van der Waals surface area contributed by atoms with E-state index in [0.717, 1.165) is 23.1 Å². The van der Waals surface area contributed by atoms with Gasteiger partial charge in [0.25, 0.3) is 5.91 Å². The molecule has 152 valence electrons. The summed E-state index contributed by atoms with van der Waals surface area (Å²) in [6, 6.07) is 12.7. The van der Waals surface area contributed by atoms with Gasteiger partial charge < -0.3 is 10.1 Å². The maximum absolute atomic E-state index is 12.4. The molecule has 6 nitrogen and oxygen atoms in total. The quantitative estimate of drug-likeness (QED) is 0.652. The van der Waals surface area contributed by atoms with Gasteiger partial charge in [-0.25, -0.2) is 8.42 Å². The van der Waals surface area contributed by atoms with Crippen molar-refractivity contribution in [3.8, 4) is 0 Å². The highest BCUT2D eigenvalue weighted by Gasteiger charge is 2.18. The van der Waals surface area contributed by atoms with Crippen LogP contribution in [-0.4, -0.2) is 40.8 Å². The van der Waals surface area contributed by atoms with Gasteiger partial charge in [0, 0.05) is 25.8 Å². The van der Waals surface area contributed by atoms with E-state index in [1.54, 1.807) is 31.4 Å². The number of hydrogen-bond donors (Lipinski definition) is 1. The lowest BCUT2D eigenvalue weighted by Gasteiger charge is -2.23. The van der Waals surface area contributed by atoms with E-state index in [9.17, 15) is 13.2 Å². The van der Waals surface area contributed by atoms with Crippen LogP contribution in [0.3, 0.4) is 0 Å². The first kappa shape index (κ1) is 21.9. The van der Waals surface area contributed by atoms with E-state index in [0.29, 0.717) is 24.4 Å². The van der Waals surface area contributed by atoms with Crippen molar-refractivity contribution >= 4 is 21.6 Å². The van der Waals surface area contributed by atoms with E-state index < -0.39 is 10.0 Å². The molecular weight excluding hydrogens is 376 g/mol. The average molecular weight is 405 g/mol. The summed E-state index contributed by atoms with van der Waals surface area (Å²) in [5.41, 5.74) is 3.99. The zero-order valence-corrected chi connectivity index (χ0v) is 17.7. The van der Waals surface area contributed by atoms with Crippen molar-refractivity contribution in [2.24, 2.45) is 0 Å². The molecule has 0 heterocycles. The third-order valence-corrected chi connectivity index (χ3v) is 5.39. The van der Waals surface area contributed by atoms with E-state index in [2.05, 4.69) is 5.32 Å². The van der Waals surface area contributed by atoms with Gasteiger partial charge in [0.05, 0.1) is 18.5 Å². The van der Waals surface area contributed by atoms with Crippen LogP contribution in [0.2, 0.25) is 0 Å². The summed E-state index contributed by atoms with van der Waals surface area (Å²) in [5, 5.41) is 2.83. The minimum absolute atomic E-state index is 0.156. The number of aryl methyl sites for hydroxylation is 2. The largest absolute Gasteiger partial charge is 0.385 e. The van der Waals surface area contributed by atoms with Crippen LogP contribution in [0.1, 0.15) is 33.5 Å². The Kier molecular flexibility index (Phi) is 7.60. The third kappa shape index (κ3) is 6.35. The second kappa shape index (κ2) is 9.71. The number of benzene rings is 2. The molecule has 2 rings (SSSR count). The fourth-order valence-corrected chi connectivity index (χ4v) is 3.81. The molecule has 0 aliphatic heterocycles. The van der Waals surface area contributed by atoms with Gasteiger partial charge in [0.1, 0.15) is 0 Å². The molecule has 28 heavy (non-hydrogen) atoms. The zero-order valence-electron chi connectivity index (χ0n) is 16.9. The van der Waals surface area contributed by atoms with E-state index in [-0.39, 0.29) is 12.5 Å². The Bertz CT molecular complexity index is 888. The Morgan fingerprint density at radius 3 is 2.21 bits per heavy atom. The Balaban J connectivity index is 2.14. The van der Waals surface area contributed by atoms with Crippen molar-refractivity contribution in [2.75, 3.05) is 30.8 Å². The standard InChI is InChI=1S/C21H28N2O4S/c1-16-12-17(2)14-20(13-16)23(28(4,25)26)15-18-6-8-19(9-7-18)21(24)22-10-5-11-27-3/h6-9,12-14H,5,10-11,15H2,1-4H3,(H,22,24). The number of methoxy groups -OCH3 is 1. The minimum Gasteiger partial charge on any atom is -0.385 e. The first-order valence-corrected chi connectivity index (χ1v) is 11.0. The number of amides is 1. The number of rotatable bonds is 9. The summed E-state index contributed by atoms with van der Waals surface area (Å²) in [4.78, 5) is 12.1. The number of hydrogen-bond acceptors (Lipinski definition) is 4. The van der Waals surface area contributed by atoms with Crippen LogP contribution >= 0.6 is 0 Å². The highest BCUT2D eigenvalue weighted by Crippen LogP contribution is 2.23. The highest BCUT2D eigenvalue weighted by atomic mass is 32.2. The molecule has 0 saturated heterocycles. The molecule has 0 radical (unpaired) electrons. The maximum Gasteiger partial charge on any atom is 0.251 e. The lowest BCUT2D eigenvalue weighted by atomic mass is 10.1. The van der Waals surface area contributed by atoms with Gasteiger partial charge in [-0.05, 0) is 61.2 Å². The summed E-state index contributed by atoms with van der Waals surface area (Å²) < 4.78 is 31.1. The highest BCUT2D eigenvalue weighted by molar-refractivity contribution is 7.92. The molecule has 0 saturated carbocycles. The van der Waals surface area contributed by atoms with Gasteiger partial charge >= 0.3 is 0 Å². The summed E-state index contributed by atoms with van der Waals surface area (Å²) in [6.07, 6.45) is 1.95. The Morgan fingerprint density at radius 2 is 1.68 bits per heavy atom. The topological polar surface area (TPSA) is 75.7 Å². The van der Waals surface area contributed by atoms with Crippen LogP contribution in [0.4, 0.5) is 5.69 Å². The molecule has 0 fully saturated rings. The molecule has 0 atom stereocenters. The third-order valence-electron chi connectivity index (χ3n) is 4.25. The number of nitrogens with one attached hydrogen (secondary N) is 1. The second-order valence-electron chi connectivity index (χ2n) is 6.91. The van der Waals surface area contributed by atoms with Crippen LogP contribution in [0.25, 0.3) is 0 Å². The zero-order chi connectivity index (χ0) is 20.7. The van der Waals surface area contributed by atoms with Crippen molar-refractivity contribution in [3.63, 3.8) is 0 Å². The molecule has 2 aromatic carbocycles. The molecule has 0 spiro atoms. The van der Waals surface area contributed by atoms with Crippen molar-refractivity contribution in [3.05, 3.63) is 64.7 Å². The maximum atomic E-state index is 12.4. The number of sulfonamides is 1. The minimum atomic E-state index is -3.45. The fourth-order valence-electron chi connectivity index (χ4n) is 2.94. The molecular formula is C21H28N2O4S. The monoisotopic (exact) mass is 404 g/mol. The molecule has 7 heteroatoms. The molecule has 0 aliphatic rings. The second-order valence-corrected chi connectivity index (χ2v) is 8.82. The number of anilines is 1. The van der Waals surface area contributed by atoms with E-state index in [1.165, 1.54) is 10.6 Å². The smallest absolute Gasteiger partial charge is 0.251 e. The summed E-state index contributed by atoms with van der Waals surface area (Å²) in [6.45, 7) is 5.23. The van der Waals surface area contributed by atoms with E-state index in [4.69, 9.17) is 4.74 Å². The van der Waals surface area contributed by atoms with Crippen LogP contribution < -0.4 is 9.62 Å². The Hall–Kier alpha value is -2.38. The molecule has 1 amide bonds. The van der Waals surface area contributed by atoms with Crippen molar-refractivity contribution < 1.29 is 17.9 Å². The van der Waals surface area contributed by atoms with Gasteiger partial charge in [-0.2, -0.15) is 0 Å². The molecule has 0 bridgehead atoms. The fraction of sp³-hybridized carbons (Fsp3) is 0.381. The number of carbonyl (C=O) groups excluding carboxylic acids is 1. The molecule has 0 aliphatic carbocycles. The predicted molar refractivity (Wildman–Crippen MR) is 112 cm³/mol. The lowest BCUT2D eigenvalue weighted by molar-refractivity contribution is 0.0948. The predicted octanol–water partition coefficient (Wildman–Crippen LogP) is 3.04. The normalized spacial score (nSPS) is 11.3. The first-order chi connectivity index (χ1) is 13.2. The summed E-state index contributed by atoms with van der Waals surface area (Å²) >= 11 is 0. The average Bonchev–Trinajstić information content (AvgIpc) is 2.62. The molecule has 2 aromatic rings. The van der Waals surface area contributed by atoms with Gasteiger partial charge in [-0.15, -0.1) is 0 Å². The number of ether oxygens (including phenoxy) is 1. The molecule has 0 unspecified atom stereocenters. The van der Waals surface area contributed by atoms with Gasteiger partial charge in [-0.1, -0.05) is 18.2 Å². The molecule has 0 aromatic heterocycles. The summed E-state index contributed by atoms with van der Waals surface area (Å²) in [5.74, 6) is -0.156. The Labute approximate surface area is 167 Å².